The van der Waals surface area contributed by atoms with Crippen molar-refractivity contribution in [2.24, 2.45) is 11.8 Å². The summed E-state index contributed by atoms with van der Waals surface area (Å²) < 4.78 is 0. The Labute approximate surface area is 111 Å². The maximum atomic E-state index is 12.1. The first-order valence-corrected chi connectivity index (χ1v) is 7.63. The van der Waals surface area contributed by atoms with Crippen LogP contribution >= 0.6 is 0 Å². The molecule has 3 heteroatoms. The van der Waals surface area contributed by atoms with Gasteiger partial charge in [0.25, 0.3) is 0 Å². The normalized spacial score (nSPS) is 36.6. The van der Waals surface area contributed by atoms with Crippen molar-refractivity contribution in [3.63, 3.8) is 0 Å². The molecule has 1 amide bonds. The van der Waals surface area contributed by atoms with Gasteiger partial charge in [-0.05, 0) is 44.6 Å². The highest BCUT2D eigenvalue weighted by molar-refractivity contribution is 5.86. The Bertz CT molecular complexity index is 276. The zero-order valence-corrected chi connectivity index (χ0v) is 11.9. The molecule has 2 rings (SSSR count). The van der Waals surface area contributed by atoms with Gasteiger partial charge < -0.3 is 10.6 Å². The van der Waals surface area contributed by atoms with Crippen molar-refractivity contribution < 1.29 is 4.79 Å². The van der Waals surface area contributed by atoms with Crippen LogP contribution in [-0.4, -0.2) is 24.5 Å². The third kappa shape index (κ3) is 3.47. The van der Waals surface area contributed by atoms with Gasteiger partial charge in [0.05, 0.1) is 5.54 Å². The highest BCUT2D eigenvalue weighted by Gasteiger charge is 2.35. The highest BCUT2D eigenvalue weighted by Crippen LogP contribution is 2.30. The van der Waals surface area contributed by atoms with Crippen molar-refractivity contribution in [1.29, 1.82) is 0 Å². The maximum absolute atomic E-state index is 12.1. The van der Waals surface area contributed by atoms with E-state index >= 15 is 0 Å². The summed E-state index contributed by atoms with van der Waals surface area (Å²) in [5.41, 5.74) is -0.304. The van der Waals surface area contributed by atoms with Gasteiger partial charge in [0, 0.05) is 6.54 Å². The monoisotopic (exact) mass is 252 g/mol. The molecule has 1 saturated carbocycles. The van der Waals surface area contributed by atoms with Gasteiger partial charge in [-0.2, -0.15) is 0 Å². The Balaban J connectivity index is 1.64. The first-order valence-electron chi connectivity index (χ1n) is 7.63. The topological polar surface area (TPSA) is 41.1 Å². The Morgan fingerprint density at radius 3 is 2.67 bits per heavy atom. The molecule has 0 aromatic rings. The van der Waals surface area contributed by atoms with Crippen LogP contribution in [-0.2, 0) is 4.79 Å². The van der Waals surface area contributed by atoms with E-state index in [0.717, 1.165) is 44.2 Å². The average molecular weight is 252 g/mol. The van der Waals surface area contributed by atoms with Gasteiger partial charge in [-0.15, -0.1) is 0 Å². The third-order valence-electron chi connectivity index (χ3n) is 4.84. The van der Waals surface area contributed by atoms with E-state index in [1.165, 1.54) is 25.7 Å². The Morgan fingerprint density at radius 2 is 2.06 bits per heavy atom. The fraction of sp³-hybridized carbons (Fsp3) is 0.933. The maximum Gasteiger partial charge on any atom is 0.240 e. The lowest BCUT2D eigenvalue weighted by Gasteiger charge is -2.27. The average Bonchev–Trinajstić information content (AvgIpc) is 2.80. The van der Waals surface area contributed by atoms with Crippen LogP contribution in [0.2, 0.25) is 0 Å². The van der Waals surface area contributed by atoms with Crippen LogP contribution in [0.5, 0.6) is 0 Å². The SMILES string of the molecule is CC1CCC(CCNC(=O)C2(C)CCCN2)CC1. The molecule has 1 heterocycles. The molecule has 3 nitrogen and oxygen atoms in total. The van der Waals surface area contributed by atoms with Gasteiger partial charge in [0.15, 0.2) is 0 Å². The summed E-state index contributed by atoms with van der Waals surface area (Å²) in [5, 5.41) is 6.44. The minimum absolute atomic E-state index is 0.198. The lowest BCUT2D eigenvalue weighted by molar-refractivity contribution is -0.126. The molecular weight excluding hydrogens is 224 g/mol. The van der Waals surface area contributed by atoms with E-state index in [2.05, 4.69) is 17.6 Å². The Morgan fingerprint density at radius 1 is 1.33 bits per heavy atom. The summed E-state index contributed by atoms with van der Waals surface area (Å²) >= 11 is 0. The number of hydrogen-bond acceptors (Lipinski definition) is 2. The summed E-state index contributed by atoms with van der Waals surface area (Å²) in [4.78, 5) is 12.1. The molecular formula is C15H28N2O. The molecule has 2 fully saturated rings. The summed E-state index contributed by atoms with van der Waals surface area (Å²) in [6.07, 6.45) is 8.70. The summed E-state index contributed by atoms with van der Waals surface area (Å²) in [6.45, 7) is 6.21. The molecule has 1 aliphatic carbocycles. The van der Waals surface area contributed by atoms with Gasteiger partial charge in [-0.25, -0.2) is 0 Å². The first kappa shape index (κ1) is 13.9. The van der Waals surface area contributed by atoms with E-state index < -0.39 is 0 Å². The van der Waals surface area contributed by atoms with Crippen molar-refractivity contribution in [1.82, 2.24) is 10.6 Å². The van der Waals surface area contributed by atoms with Crippen LogP contribution in [0, 0.1) is 11.8 Å². The number of carbonyl (C=O) groups excluding carboxylic acids is 1. The summed E-state index contributed by atoms with van der Waals surface area (Å²) in [6, 6.07) is 0. The van der Waals surface area contributed by atoms with E-state index in [1.54, 1.807) is 0 Å². The molecule has 2 aliphatic rings. The van der Waals surface area contributed by atoms with Crippen molar-refractivity contribution in [2.45, 2.75) is 64.3 Å². The van der Waals surface area contributed by atoms with E-state index in [9.17, 15) is 4.79 Å². The smallest absolute Gasteiger partial charge is 0.240 e. The van der Waals surface area contributed by atoms with Crippen LogP contribution in [0.4, 0.5) is 0 Å². The molecule has 1 atom stereocenters. The van der Waals surface area contributed by atoms with Gasteiger partial charge in [-0.3, -0.25) is 4.79 Å². The fourth-order valence-corrected chi connectivity index (χ4v) is 3.29. The van der Waals surface area contributed by atoms with Gasteiger partial charge in [0.1, 0.15) is 0 Å². The van der Waals surface area contributed by atoms with Crippen molar-refractivity contribution in [3.05, 3.63) is 0 Å². The molecule has 2 N–H and O–H groups in total. The lowest BCUT2D eigenvalue weighted by Crippen LogP contribution is -2.51. The molecule has 1 unspecified atom stereocenters. The number of carbonyl (C=O) groups is 1. The van der Waals surface area contributed by atoms with Crippen LogP contribution in [0.25, 0.3) is 0 Å². The first-order chi connectivity index (χ1) is 8.60. The van der Waals surface area contributed by atoms with Crippen LogP contribution in [0.15, 0.2) is 0 Å². The standard InChI is InChI=1S/C15H28N2O/c1-12-4-6-13(7-5-12)8-11-16-14(18)15(2)9-3-10-17-15/h12-13,17H,3-11H2,1-2H3,(H,16,18). The number of amides is 1. The largest absolute Gasteiger partial charge is 0.354 e. The van der Waals surface area contributed by atoms with E-state index in [0.29, 0.717) is 0 Å². The Kier molecular flexibility index (Phi) is 4.66. The van der Waals surface area contributed by atoms with Crippen molar-refractivity contribution >= 4 is 5.91 Å². The third-order valence-corrected chi connectivity index (χ3v) is 4.84. The van der Waals surface area contributed by atoms with Crippen molar-refractivity contribution in [2.75, 3.05) is 13.1 Å². The van der Waals surface area contributed by atoms with Crippen molar-refractivity contribution in [3.8, 4) is 0 Å². The quantitative estimate of drug-likeness (QED) is 0.807. The Hall–Kier alpha value is -0.570. The summed E-state index contributed by atoms with van der Waals surface area (Å²) in [5.74, 6) is 1.95. The lowest BCUT2D eigenvalue weighted by atomic mass is 9.81. The van der Waals surface area contributed by atoms with E-state index in [1.807, 2.05) is 6.92 Å². The predicted octanol–water partition coefficient (Wildman–Crippen LogP) is 2.46. The van der Waals surface area contributed by atoms with E-state index in [4.69, 9.17) is 0 Å². The predicted molar refractivity (Wildman–Crippen MR) is 74.4 cm³/mol. The van der Waals surface area contributed by atoms with Gasteiger partial charge in [0.2, 0.25) is 5.91 Å². The molecule has 0 radical (unpaired) electrons. The van der Waals surface area contributed by atoms with Crippen LogP contribution < -0.4 is 10.6 Å². The van der Waals surface area contributed by atoms with Crippen LogP contribution in [0.3, 0.4) is 0 Å². The number of rotatable bonds is 4. The molecule has 1 saturated heterocycles. The number of nitrogens with one attached hydrogen (secondary N) is 2. The second-order valence-corrected chi connectivity index (χ2v) is 6.53. The molecule has 0 spiro atoms. The second-order valence-electron chi connectivity index (χ2n) is 6.53. The minimum Gasteiger partial charge on any atom is -0.354 e. The summed E-state index contributed by atoms with van der Waals surface area (Å²) in [7, 11) is 0. The molecule has 0 aromatic heterocycles. The van der Waals surface area contributed by atoms with Crippen LogP contribution in [0.1, 0.15) is 58.8 Å². The molecule has 0 aromatic carbocycles. The zero-order valence-electron chi connectivity index (χ0n) is 11.9. The molecule has 1 aliphatic heterocycles. The van der Waals surface area contributed by atoms with Gasteiger partial charge >= 0.3 is 0 Å². The fourth-order valence-electron chi connectivity index (χ4n) is 3.29. The zero-order chi connectivity index (χ0) is 13.0. The number of hydrogen-bond donors (Lipinski definition) is 2. The minimum atomic E-state index is -0.304. The second kappa shape index (κ2) is 6.05. The molecule has 104 valence electrons. The highest BCUT2D eigenvalue weighted by atomic mass is 16.2. The van der Waals surface area contributed by atoms with E-state index in [-0.39, 0.29) is 11.4 Å². The molecule has 0 bridgehead atoms. The molecule has 18 heavy (non-hydrogen) atoms. The van der Waals surface area contributed by atoms with Gasteiger partial charge in [-0.1, -0.05) is 32.6 Å².